The summed E-state index contributed by atoms with van der Waals surface area (Å²) in [5.74, 6) is -2.48. The lowest BCUT2D eigenvalue weighted by Crippen LogP contribution is -2.44. The number of alkyl halides is 2. The highest BCUT2D eigenvalue weighted by atomic mass is 32.1. The van der Waals surface area contributed by atoms with Crippen molar-refractivity contribution in [1.29, 1.82) is 0 Å². The molecule has 3 N–H and O–H groups in total. The van der Waals surface area contributed by atoms with Gasteiger partial charge in [-0.1, -0.05) is 22.7 Å². The van der Waals surface area contributed by atoms with Crippen molar-refractivity contribution in [3.05, 3.63) is 11.6 Å². The molecule has 35 heavy (non-hydrogen) atoms. The molecule has 0 saturated carbocycles. The fraction of sp³-hybridized carbons (Fsp3) is 0.609. The number of carbonyl (C=O) groups excluding carboxylic acids is 1. The highest BCUT2D eigenvalue weighted by Crippen LogP contribution is 2.37. The Bertz CT molecular complexity index is 1190. The number of rotatable bonds is 7. The van der Waals surface area contributed by atoms with Crippen LogP contribution in [0.2, 0.25) is 0 Å². The van der Waals surface area contributed by atoms with E-state index in [1.165, 1.54) is 0 Å². The van der Waals surface area contributed by atoms with E-state index < -0.39 is 5.92 Å². The second-order valence-corrected chi connectivity index (χ2v) is 11.3. The predicted molar refractivity (Wildman–Crippen MR) is 139 cm³/mol. The molecule has 0 spiro atoms. The van der Waals surface area contributed by atoms with Crippen molar-refractivity contribution in [2.75, 3.05) is 69.5 Å². The molecule has 8 nitrogen and oxygen atoms in total. The maximum absolute atomic E-state index is 13.6. The average Bonchev–Trinajstić information content (AvgIpc) is 3.31. The van der Waals surface area contributed by atoms with Crippen LogP contribution in [0.3, 0.4) is 0 Å². The van der Waals surface area contributed by atoms with E-state index in [0.29, 0.717) is 19.5 Å². The van der Waals surface area contributed by atoms with Gasteiger partial charge in [0.2, 0.25) is 5.91 Å². The molecule has 190 valence electrons. The molecule has 2 aliphatic heterocycles. The first kappa shape index (κ1) is 24.5. The van der Waals surface area contributed by atoms with Gasteiger partial charge in [-0.3, -0.25) is 9.69 Å². The molecule has 2 aromatic heterocycles. The maximum atomic E-state index is 13.6. The monoisotopic (exact) mass is 523 g/mol. The Morgan fingerprint density at radius 3 is 2.57 bits per heavy atom. The lowest BCUT2D eigenvalue weighted by molar-refractivity contribution is -0.129. The number of halogens is 2. The van der Waals surface area contributed by atoms with Gasteiger partial charge in [0.25, 0.3) is 5.92 Å². The molecule has 0 atom stereocenters. The number of likely N-dealkylation sites (tertiary alicyclic amines) is 1. The van der Waals surface area contributed by atoms with Gasteiger partial charge in [-0.15, -0.1) is 0 Å². The lowest BCUT2D eigenvalue weighted by Gasteiger charge is -2.32. The first-order valence-corrected chi connectivity index (χ1v) is 13.8. The van der Waals surface area contributed by atoms with Crippen LogP contribution in [0, 0.1) is 6.92 Å². The van der Waals surface area contributed by atoms with Gasteiger partial charge in [0.05, 0.1) is 33.5 Å². The van der Waals surface area contributed by atoms with Crippen molar-refractivity contribution in [2.45, 2.75) is 32.1 Å². The minimum absolute atomic E-state index is 0.0110. The summed E-state index contributed by atoms with van der Waals surface area (Å²) >= 11 is 3.10. The van der Waals surface area contributed by atoms with Gasteiger partial charge in [-0.2, -0.15) is 0 Å². The minimum atomic E-state index is -2.57. The molecule has 1 amide bonds. The third kappa shape index (κ3) is 5.82. The third-order valence-electron chi connectivity index (χ3n) is 6.54. The molecule has 2 saturated heterocycles. The average molecular weight is 524 g/mol. The zero-order chi connectivity index (χ0) is 24.4. The van der Waals surface area contributed by atoms with Gasteiger partial charge in [0.1, 0.15) is 0 Å². The number of benzene rings is 1. The van der Waals surface area contributed by atoms with E-state index >= 15 is 0 Å². The molecule has 5 rings (SSSR count). The molecule has 0 radical (unpaired) electrons. The standard InChI is InChI=1S/C23H31F2N7OS2/c1-15-19-16(34-21(29-19)27-7-10-31-8-2-4-23(24,25)14-31)12-17-20(15)30-22(35-17)28-13-18(33)32-9-3-5-26-6-11-32/h12,26H,2-11,13-14H2,1H3,(H,27,29)(H,28,30). The van der Waals surface area contributed by atoms with Crippen molar-refractivity contribution in [3.63, 3.8) is 0 Å². The van der Waals surface area contributed by atoms with E-state index in [9.17, 15) is 13.6 Å². The van der Waals surface area contributed by atoms with Crippen molar-refractivity contribution >= 4 is 59.3 Å². The second kappa shape index (κ2) is 10.5. The van der Waals surface area contributed by atoms with Crippen LogP contribution in [0.1, 0.15) is 24.8 Å². The molecule has 2 fully saturated rings. The van der Waals surface area contributed by atoms with E-state index in [-0.39, 0.29) is 25.4 Å². The van der Waals surface area contributed by atoms with Crippen molar-refractivity contribution in [3.8, 4) is 0 Å². The fourth-order valence-electron chi connectivity index (χ4n) is 4.70. The highest BCUT2D eigenvalue weighted by molar-refractivity contribution is 7.24. The molecule has 4 heterocycles. The Morgan fingerprint density at radius 2 is 1.83 bits per heavy atom. The molecule has 0 aliphatic carbocycles. The number of hydrogen-bond donors (Lipinski definition) is 3. The van der Waals surface area contributed by atoms with E-state index in [1.807, 2.05) is 16.7 Å². The van der Waals surface area contributed by atoms with Crippen molar-refractivity contribution in [1.82, 2.24) is 25.1 Å². The van der Waals surface area contributed by atoms with Gasteiger partial charge in [0.15, 0.2) is 10.3 Å². The topological polar surface area (TPSA) is 85.4 Å². The molecule has 3 aromatic rings. The quantitative estimate of drug-likeness (QED) is 0.436. The number of anilines is 2. The minimum Gasteiger partial charge on any atom is -0.360 e. The van der Waals surface area contributed by atoms with Crippen LogP contribution >= 0.6 is 22.7 Å². The van der Waals surface area contributed by atoms with Crippen molar-refractivity contribution in [2.24, 2.45) is 0 Å². The van der Waals surface area contributed by atoms with Crippen LogP contribution < -0.4 is 16.0 Å². The molecule has 2 aliphatic rings. The second-order valence-electron chi connectivity index (χ2n) is 9.23. The summed E-state index contributed by atoms with van der Waals surface area (Å²) in [6.45, 7) is 7.28. The molecule has 1 aromatic carbocycles. The summed E-state index contributed by atoms with van der Waals surface area (Å²) in [6.07, 6.45) is 1.50. The number of nitrogens with zero attached hydrogens (tertiary/aromatic N) is 4. The van der Waals surface area contributed by atoms with E-state index in [4.69, 9.17) is 9.97 Å². The van der Waals surface area contributed by atoms with Crippen LogP contribution in [-0.2, 0) is 4.79 Å². The zero-order valence-electron chi connectivity index (χ0n) is 19.8. The van der Waals surface area contributed by atoms with Gasteiger partial charge >= 0.3 is 0 Å². The normalized spacial score (nSPS) is 19.2. The summed E-state index contributed by atoms with van der Waals surface area (Å²) < 4.78 is 29.3. The number of piperidine rings is 1. The van der Waals surface area contributed by atoms with Gasteiger partial charge in [0, 0.05) is 44.7 Å². The van der Waals surface area contributed by atoms with Crippen LogP contribution in [0.5, 0.6) is 0 Å². The Balaban J connectivity index is 1.21. The summed E-state index contributed by atoms with van der Waals surface area (Å²) in [6, 6.07) is 2.09. The number of carbonyl (C=O) groups is 1. The third-order valence-corrected chi connectivity index (χ3v) is 8.46. The highest BCUT2D eigenvalue weighted by Gasteiger charge is 2.34. The Kier molecular flexibility index (Phi) is 7.33. The van der Waals surface area contributed by atoms with E-state index in [0.717, 1.165) is 75.4 Å². The summed E-state index contributed by atoms with van der Waals surface area (Å²) in [5.41, 5.74) is 2.80. The van der Waals surface area contributed by atoms with Crippen LogP contribution in [0.15, 0.2) is 6.07 Å². The molecule has 0 unspecified atom stereocenters. The van der Waals surface area contributed by atoms with Gasteiger partial charge < -0.3 is 20.9 Å². The predicted octanol–water partition coefficient (Wildman–Crippen LogP) is 3.59. The smallest absolute Gasteiger partial charge is 0.260 e. The molecular weight excluding hydrogens is 492 g/mol. The number of fused-ring (bicyclic) bond motifs is 2. The largest absolute Gasteiger partial charge is 0.360 e. The fourth-order valence-corrected chi connectivity index (χ4v) is 6.72. The number of aromatic nitrogens is 2. The molecule has 12 heteroatoms. The van der Waals surface area contributed by atoms with Crippen LogP contribution in [0.4, 0.5) is 19.0 Å². The Labute approximate surface area is 211 Å². The van der Waals surface area contributed by atoms with Crippen molar-refractivity contribution < 1.29 is 13.6 Å². The van der Waals surface area contributed by atoms with E-state index in [2.05, 4.69) is 22.0 Å². The number of aryl methyl sites for hydroxylation is 1. The summed E-state index contributed by atoms with van der Waals surface area (Å²) in [5, 5.41) is 11.4. The Morgan fingerprint density at radius 1 is 1.09 bits per heavy atom. The van der Waals surface area contributed by atoms with Gasteiger partial charge in [-0.05, 0) is 38.9 Å². The number of nitrogens with one attached hydrogen (secondary N) is 3. The van der Waals surface area contributed by atoms with Gasteiger partial charge in [-0.25, -0.2) is 18.7 Å². The summed E-state index contributed by atoms with van der Waals surface area (Å²) in [4.78, 5) is 25.8. The lowest BCUT2D eigenvalue weighted by atomic mass is 10.1. The van der Waals surface area contributed by atoms with E-state index in [1.54, 1.807) is 22.7 Å². The van der Waals surface area contributed by atoms with Crippen LogP contribution in [-0.4, -0.2) is 90.5 Å². The first-order chi connectivity index (χ1) is 16.9. The Hall–Kier alpha value is -2.15. The number of hydrogen-bond acceptors (Lipinski definition) is 9. The number of amides is 1. The SMILES string of the molecule is Cc1c2nc(NCCN3CCCC(F)(F)C3)sc2cc2sc(NCC(=O)N3CCCNCC3)nc12. The molecular formula is C23H31F2N7OS2. The van der Waals surface area contributed by atoms with Crippen LogP contribution in [0.25, 0.3) is 20.4 Å². The maximum Gasteiger partial charge on any atom is 0.260 e. The first-order valence-electron chi connectivity index (χ1n) is 12.1. The summed E-state index contributed by atoms with van der Waals surface area (Å²) in [7, 11) is 0. The molecule has 0 bridgehead atoms. The zero-order valence-corrected chi connectivity index (χ0v) is 21.5. The number of thiazole rings is 2.